The van der Waals surface area contributed by atoms with Crippen molar-refractivity contribution in [1.82, 2.24) is 20.1 Å². The first-order chi connectivity index (χ1) is 17.2. The number of hydrogen-bond donors (Lipinski definition) is 2. The maximum atomic E-state index is 12.9. The summed E-state index contributed by atoms with van der Waals surface area (Å²) in [5.41, 5.74) is 3.41. The van der Waals surface area contributed by atoms with Crippen molar-refractivity contribution >= 4 is 52.5 Å². The fourth-order valence-electron chi connectivity index (χ4n) is 3.83. The van der Waals surface area contributed by atoms with E-state index in [0.717, 1.165) is 23.2 Å². The Bertz CT molecular complexity index is 1250. The van der Waals surface area contributed by atoms with E-state index < -0.39 is 0 Å². The highest BCUT2D eigenvalue weighted by atomic mass is 35.5. The summed E-state index contributed by atoms with van der Waals surface area (Å²) >= 11 is 13.4. The molecule has 7 nitrogen and oxygen atoms in total. The topological polar surface area (TPSA) is 88.9 Å². The van der Waals surface area contributed by atoms with Gasteiger partial charge in [-0.3, -0.25) is 9.59 Å². The predicted octanol–water partition coefficient (Wildman–Crippen LogP) is 6.33. The molecule has 0 unspecified atom stereocenters. The van der Waals surface area contributed by atoms with Crippen molar-refractivity contribution in [2.24, 2.45) is 5.92 Å². The van der Waals surface area contributed by atoms with Gasteiger partial charge in [-0.2, -0.15) is 0 Å². The van der Waals surface area contributed by atoms with E-state index >= 15 is 0 Å². The second-order valence-electron chi connectivity index (χ2n) is 8.71. The Morgan fingerprint density at radius 2 is 1.83 bits per heavy atom. The van der Waals surface area contributed by atoms with E-state index in [1.807, 2.05) is 50.5 Å². The summed E-state index contributed by atoms with van der Waals surface area (Å²) in [7, 11) is 0. The molecule has 0 saturated carbocycles. The number of anilines is 1. The molecule has 2 amide bonds. The fraction of sp³-hybridized carbons (Fsp3) is 0.385. The Balaban J connectivity index is 1.74. The van der Waals surface area contributed by atoms with E-state index in [0.29, 0.717) is 33.1 Å². The predicted molar refractivity (Wildman–Crippen MR) is 147 cm³/mol. The second-order valence-corrected chi connectivity index (χ2v) is 10.5. The number of aromatic nitrogens is 3. The highest BCUT2D eigenvalue weighted by molar-refractivity contribution is 7.99. The maximum absolute atomic E-state index is 12.9. The lowest BCUT2D eigenvalue weighted by atomic mass is 10.0. The average molecular weight is 549 g/mol. The standard InChI is InChI=1S/C26H31Cl2N5O2S/c1-6-17-10-8-9-16(5)23(17)29-21(34)14-36-26-32-31-24(33(26)7-2)22(15(3)4)30-25(35)18-11-12-19(27)20(28)13-18/h8-13,15,22H,6-7,14H2,1-5H3,(H,29,34)(H,30,35)/t22-/m0/s1. The van der Waals surface area contributed by atoms with Gasteiger partial charge in [0.15, 0.2) is 11.0 Å². The molecule has 1 atom stereocenters. The molecule has 10 heteroatoms. The first kappa shape index (κ1) is 28.0. The molecule has 3 rings (SSSR count). The number of amides is 2. The van der Waals surface area contributed by atoms with Gasteiger partial charge in [0.1, 0.15) is 0 Å². The van der Waals surface area contributed by atoms with E-state index in [-0.39, 0.29) is 29.5 Å². The molecule has 0 aliphatic rings. The first-order valence-electron chi connectivity index (χ1n) is 11.9. The number of rotatable bonds is 10. The fourth-order valence-corrected chi connectivity index (χ4v) is 4.94. The number of aryl methyl sites for hydroxylation is 2. The van der Waals surface area contributed by atoms with Crippen LogP contribution in [0.1, 0.15) is 61.0 Å². The summed E-state index contributed by atoms with van der Waals surface area (Å²) in [5, 5.41) is 16.1. The molecular formula is C26H31Cl2N5O2S. The average Bonchev–Trinajstić information content (AvgIpc) is 3.26. The molecule has 0 aliphatic carbocycles. The zero-order chi connectivity index (χ0) is 26.4. The molecule has 0 aliphatic heterocycles. The number of thioether (sulfide) groups is 1. The molecule has 2 aromatic carbocycles. The van der Waals surface area contributed by atoms with Gasteiger partial charge in [-0.15, -0.1) is 10.2 Å². The Labute approximate surface area is 226 Å². The highest BCUT2D eigenvalue weighted by Gasteiger charge is 2.26. The van der Waals surface area contributed by atoms with Crippen molar-refractivity contribution in [3.05, 3.63) is 69.0 Å². The monoisotopic (exact) mass is 547 g/mol. The number of hydrogen-bond acceptors (Lipinski definition) is 5. The minimum absolute atomic E-state index is 0.0425. The molecule has 0 spiro atoms. The zero-order valence-corrected chi connectivity index (χ0v) is 23.4. The lowest BCUT2D eigenvalue weighted by Crippen LogP contribution is -2.33. The molecule has 36 heavy (non-hydrogen) atoms. The van der Waals surface area contributed by atoms with Gasteiger partial charge in [0, 0.05) is 17.8 Å². The van der Waals surface area contributed by atoms with Crippen LogP contribution in [0.2, 0.25) is 10.0 Å². The number of para-hydroxylation sites is 1. The van der Waals surface area contributed by atoms with Crippen molar-refractivity contribution in [3.63, 3.8) is 0 Å². The Kier molecular flexibility index (Phi) is 9.82. The SMILES string of the molecule is CCc1cccc(C)c1NC(=O)CSc1nnc([C@@H](NC(=O)c2ccc(Cl)c(Cl)c2)C(C)C)n1CC. The number of carbonyl (C=O) groups excluding carboxylic acids is 2. The Morgan fingerprint density at radius 3 is 2.47 bits per heavy atom. The van der Waals surface area contributed by atoms with Crippen molar-refractivity contribution in [2.75, 3.05) is 11.1 Å². The molecule has 0 bridgehead atoms. The third kappa shape index (κ3) is 6.60. The lowest BCUT2D eigenvalue weighted by molar-refractivity contribution is -0.113. The molecule has 1 heterocycles. The molecular weight excluding hydrogens is 517 g/mol. The number of nitrogens with zero attached hydrogens (tertiary/aromatic N) is 3. The van der Waals surface area contributed by atoms with E-state index in [2.05, 4.69) is 27.8 Å². The third-order valence-electron chi connectivity index (χ3n) is 5.81. The number of halogens is 2. The van der Waals surface area contributed by atoms with Crippen LogP contribution >= 0.6 is 35.0 Å². The van der Waals surface area contributed by atoms with Crippen LogP contribution in [0.25, 0.3) is 0 Å². The molecule has 2 N–H and O–H groups in total. The Morgan fingerprint density at radius 1 is 1.08 bits per heavy atom. The summed E-state index contributed by atoms with van der Waals surface area (Å²) < 4.78 is 1.93. The highest BCUT2D eigenvalue weighted by Crippen LogP contribution is 2.27. The molecule has 1 aromatic heterocycles. The van der Waals surface area contributed by atoms with Crippen molar-refractivity contribution in [2.45, 2.75) is 58.8 Å². The van der Waals surface area contributed by atoms with Crippen LogP contribution in [0.15, 0.2) is 41.6 Å². The zero-order valence-electron chi connectivity index (χ0n) is 21.1. The number of carbonyl (C=O) groups is 2. The molecule has 0 saturated heterocycles. The van der Waals surface area contributed by atoms with E-state index in [4.69, 9.17) is 23.2 Å². The van der Waals surface area contributed by atoms with Crippen LogP contribution in [0, 0.1) is 12.8 Å². The third-order valence-corrected chi connectivity index (χ3v) is 7.52. The Hall–Kier alpha value is -2.55. The molecule has 0 fully saturated rings. The van der Waals surface area contributed by atoms with Gasteiger partial charge in [-0.25, -0.2) is 0 Å². The smallest absolute Gasteiger partial charge is 0.251 e. The van der Waals surface area contributed by atoms with Gasteiger partial charge in [0.05, 0.1) is 21.8 Å². The minimum atomic E-state index is -0.387. The maximum Gasteiger partial charge on any atom is 0.251 e. The van der Waals surface area contributed by atoms with Crippen molar-refractivity contribution in [3.8, 4) is 0 Å². The van der Waals surface area contributed by atoms with Crippen LogP contribution in [0.5, 0.6) is 0 Å². The van der Waals surface area contributed by atoms with Gasteiger partial charge in [0.25, 0.3) is 5.91 Å². The summed E-state index contributed by atoms with van der Waals surface area (Å²) in [6, 6.07) is 10.4. The van der Waals surface area contributed by atoms with Crippen molar-refractivity contribution in [1.29, 1.82) is 0 Å². The summed E-state index contributed by atoms with van der Waals surface area (Å²) in [6.45, 7) is 10.6. The van der Waals surface area contributed by atoms with Gasteiger partial charge in [-0.05, 0) is 55.5 Å². The second kappa shape index (κ2) is 12.6. The van der Waals surface area contributed by atoms with Gasteiger partial charge in [-0.1, -0.05) is 73.9 Å². The van der Waals surface area contributed by atoms with Crippen LogP contribution in [0.4, 0.5) is 5.69 Å². The molecule has 0 radical (unpaired) electrons. The minimum Gasteiger partial charge on any atom is -0.342 e. The largest absolute Gasteiger partial charge is 0.342 e. The van der Waals surface area contributed by atoms with Gasteiger partial charge in [0.2, 0.25) is 5.91 Å². The number of nitrogens with one attached hydrogen (secondary N) is 2. The summed E-state index contributed by atoms with van der Waals surface area (Å²) in [4.78, 5) is 25.7. The van der Waals surface area contributed by atoms with Crippen LogP contribution in [-0.2, 0) is 17.8 Å². The lowest BCUT2D eigenvalue weighted by Gasteiger charge is -2.22. The summed E-state index contributed by atoms with van der Waals surface area (Å²) in [6.07, 6.45) is 0.836. The summed E-state index contributed by atoms with van der Waals surface area (Å²) in [5.74, 6) is 0.482. The quantitative estimate of drug-likeness (QED) is 0.289. The normalized spacial score (nSPS) is 12.0. The van der Waals surface area contributed by atoms with E-state index in [1.54, 1.807) is 18.2 Å². The van der Waals surface area contributed by atoms with Gasteiger partial charge >= 0.3 is 0 Å². The van der Waals surface area contributed by atoms with Crippen LogP contribution in [0.3, 0.4) is 0 Å². The first-order valence-corrected chi connectivity index (χ1v) is 13.6. The van der Waals surface area contributed by atoms with Crippen LogP contribution in [-0.4, -0.2) is 32.3 Å². The molecule has 3 aromatic rings. The van der Waals surface area contributed by atoms with E-state index in [9.17, 15) is 9.59 Å². The van der Waals surface area contributed by atoms with Gasteiger partial charge < -0.3 is 15.2 Å². The van der Waals surface area contributed by atoms with Crippen LogP contribution < -0.4 is 10.6 Å². The number of benzene rings is 2. The van der Waals surface area contributed by atoms with Crippen molar-refractivity contribution < 1.29 is 9.59 Å². The van der Waals surface area contributed by atoms with E-state index in [1.165, 1.54) is 11.8 Å². The molecule has 192 valence electrons.